The highest BCUT2D eigenvalue weighted by Gasteiger charge is 2.21. The van der Waals surface area contributed by atoms with Crippen LogP contribution in [-0.4, -0.2) is 33.4 Å². The van der Waals surface area contributed by atoms with Crippen molar-refractivity contribution in [2.24, 2.45) is 11.1 Å². The zero-order valence-corrected chi connectivity index (χ0v) is 16.4. The molecule has 0 aromatic heterocycles. The maximum atomic E-state index is 12.2. The van der Waals surface area contributed by atoms with Gasteiger partial charge in [0, 0.05) is 6.54 Å². The number of nitrogens with one attached hydrogen (secondary N) is 1. The Labute approximate surface area is 164 Å². The van der Waals surface area contributed by atoms with Crippen molar-refractivity contribution in [3.63, 3.8) is 0 Å². The summed E-state index contributed by atoms with van der Waals surface area (Å²) in [5.74, 6) is -1.12. The number of esters is 1. The number of benzene rings is 2. The summed E-state index contributed by atoms with van der Waals surface area (Å²) in [4.78, 5) is 24.4. The fourth-order valence-electron chi connectivity index (χ4n) is 2.68. The van der Waals surface area contributed by atoms with Crippen LogP contribution in [0.15, 0.2) is 59.5 Å². The molecule has 0 saturated heterocycles. The van der Waals surface area contributed by atoms with Crippen molar-refractivity contribution in [1.82, 2.24) is 5.32 Å². The molecule has 2 rings (SSSR count). The van der Waals surface area contributed by atoms with Gasteiger partial charge >= 0.3 is 5.97 Å². The fourth-order valence-corrected chi connectivity index (χ4v) is 3.19. The first-order valence-electron chi connectivity index (χ1n) is 8.88. The summed E-state index contributed by atoms with van der Waals surface area (Å²) in [5.41, 5.74) is 1.62. The molecule has 0 aliphatic carbocycles. The van der Waals surface area contributed by atoms with E-state index < -0.39 is 15.9 Å². The van der Waals surface area contributed by atoms with Crippen LogP contribution < -0.4 is 10.5 Å². The molecule has 2 aromatic rings. The predicted molar refractivity (Wildman–Crippen MR) is 105 cm³/mol. The highest BCUT2D eigenvalue weighted by atomic mass is 32.2. The van der Waals surface area contributed by atoms with Gasteiger partial charge in [0.2, 0.25) is 15.9 Å². The Balaban J connectivity index is 1.95. The topological polar surface area (TPSA) is 116 Å². The molecule has 28 heavy (non-hydrogen) atoms. The third kappa shape index (κ3) is 6.79. The lowest BCUT2D eigenvalue weighted by Gasteiger charge is -2.16. The van der Waals surface area contributed by atoms with Gasteiger partial charge in [0.05, 0.1) is 23.8 Å². The molecule has 3 N–H and O–H groups in total. The molecule has 0 fully saturated rings. The number of rotatable bonds is 9. The van der Waals surface area contributed by atoms with Crippen LogP contribution in [0.3, 0.4) is 0 Å². The largest absolute Gasteiger partial charge is 0.466 e. The molecule has 0 aliphatic rings. The number of carbonyl (C=O) groups is 2. The van der Waals surface area contributed by atoms with Gasteiger partial charge in [-0.1, -0.05) is 42.5 Å². The molecular weight excluding hydrogens is 380 g/mol. The van der Waals surface area contributed by atoms with Crippen LogP contribution in [0.1, 0.15) is 18.1 Å². The second kappa shape index (κ2) is 10.0. The summed E-state index contributed by atoms with van der Waals surface area (Å²) in [7, 11) is -3.77. The van der Waals surface area contributed by atoms with E-state index in [1.54, 1.807) is 6.92 Å². The van der Waals surface area contributed by atoms with Crippen LogP contribution >= 0.6 is 0 Å². The van der Waals surface area contributed by atoms with Crippen LogP contribution in [0, 0.1) is 5.92 Å². The van der Waals surface area contributed by atoms with Crippen molar-refractivity contribution < 1.29 is 22.7 Å². The Morgan fingerprint density at radius 2 is 1.68 bits per heavy atom. The lowest BCUT2D eigenvalue weighted by atomic mass is 9.99. The van der Waals surface area contributed by atoms with Crippen molar-refractivity contribution in [1.29, 1.82) is 0 Å². The molecule has 150 valence electrons. The third-order valence-corrected chi connectivity index (χ3v) is 5.04. The minimum Gasteiger partial charge on any atom is -0.466 e. The SMILES string of the molecule is CCOC(=O)C(CNC(=O)Cc1ccc(S(N)(=O)=O)cc1)Cc1ccccc1. The third-order valence-electron chi connectivity index (χ3n) is 4.11. The normalized spacial score (nSPS) is 12.2. The molecule has 1 amide bonds. The highest BCUT2D eigenvalue weighted by Crippen LogP contribution is 2.11. The van der Waals surface area contributed by atoms with E-state index in [-0.39, 0.29) is 36.3 Å². The quantitative estimate of drug-likeness (QED) is 0.613. The number of primary sulfonamides is 1. The number of carbonyl (C=O) groups excluding carboxylic acids is 2. The van der Waals surface area contributed by atoms with Crippen molar-refractivity contribution in [3.05, 3.63) is 65.7 Å². The van der Waals surface area contributed by atoms with Gasteiger partial charge in [0.15, 0.2) is 0 Å². The Morgan fingerprint density at radius 3 is 2.25 bits per heavy atom. The van der Waals surface area contributed by atoms with Crippen molar-refractivity contribution >= 4 is 21.9 Å². The maximum Gasteiger partial charge on any atom is 0.311 e. The van der Waals surface area contributed by atoms with Crippen molar-refractivity contribution in [3.8, 4) is 0 Å². The minimum atomic E-state index is -3.77. The molecule has 0 radical (unpaired) electrons. The highest BCUT2D eigenvalue weighted by molar-refractivity contribution is 7.89. The van der Waals surface area contributed by atoms with Crippen LogP contribution in [0.4, 0.5) is 0 Å². The standard InChI is InChI=1S/C20H24N2O5S/c1-2-27-20(24)17(12-15-6-4-3-5-7-15)14-22-19(23)13-16-8-10-18(11-9-16)28(21,25)26/h3-11,17H,2,12-14H2,1H3,(H,22,23)(H2,21,25,26). The smallest absolute Gasteiger partial charge is 0.311 e. The summed E-state index contributed by atoms with van der Waals surface area (Å²) in [6, 6.07) is 15.3. The second-order valence-electron chi connectivity index (χ2n) is 6.31. The first-order chi connectivity index (χ1) is 13.3. The summed E-state index contributed by atoms with van der Waals surface area (Å²) < 4.78 is 27.6. The average molecular weight is 404 g/mol. The van der Waals surface area contributed by atoms with E-state index in [0.29, 0.717) is 12.0 Å². The van der Waals surface area contributed by atoms with E-state index in [1.807, 2.05) is 30.3 Å². The Bertz CT molecular complexity index is 896. The number of sulfonamides is 1. The first-order valence-corrected chi connectivity index (χ1v) is 10.4. The summed E-state index contributed by atoms with van der Waals surface area (Å²) >= 11 is 0. The monoisotopic (exact) mass is 404 g/mol. The van der Waals surface area contributed by atoms with Crippen molar-refractivity contribution in [2.45, 2.75) is 24.7 Å². The molecule has 8 heteroatoms. The molecule has 2 aromatic carbocycles. The van der Waals surface area contributed by atoms with E-state index in [1.165, 1.54) is 24.3 Å². The molecule has 1 atom stereocenters. The van der Waals surface area contributed by atoms with E-state index in [2.05, 4.69) is 5.32 Å². The summed E-state index contributed by atoms with van der Waals surface area (Å²) in [6.45, 7) is 2.16. The Hall–Kier alpha value is -2.71. The van der Waals surface area contributed by atoms with Crippen LogP contribution in [0.25, 0.3) is 0 Å². The second-order valence-corrected chi connectivity index (χ2v) is 7.87. The zero-order chi connectivity index (χ0) is 20.6. The molecular formula is C20H24N2O5S. The van der Waals surface area contributed by atoms with Crippen LogP contribution in [-0.2, 0) is 37.2 Å². The van der Waals surface area contributed by atoms with Gasteiger partial charge in [-0.3, -0.25) is 9.59 Å². The molecule has 0 heterocycles. The molecule has 7 nitrogen and oxygen atoms in total. The predicted octanol–water partition coefficient (Wildman–Crippen LogP) is 1.41. The van der Waals surface area contributed by atoms with E-state index in [0.717, 1.165) is 5.56 Å². The zero-order valence-electron chi connectivity index (χ0n) is 15.6. The van der Waals surface area contributed by atoms with E-state index in [9.17, 15) is 18.0 Å². The fraction of sp³-hybridized carbons (Fsp3) is 0.300. The van der Waals surface area contributed by atoms with Gasteiger partial charge in [-0.2, -0.15) is 0 Å². The maximum absolute atomic E-state index is 12.2. The summed E-state index contributed by atoms with van der Waals surface area (Å²) in [5, 5.41) is 7.81. The Morgan fingerprint density at radius 1 is 1.04 bits per heavy atom. The van der Waals surface area contributed by atoms with Gasteiger partial charge < -0.3 is 10.1 Å². The summed E-state index contributed by atoms with van der Waals surface area (Å²) in [6.07, 6.45) is 0.523. The average Bonchev–Trinajstić information content (AvgIpc) is 2.66. The van der Waals surface area contributed by atoms with Gasteiger partial charge in [0.25, 0.3) is 0 Å². The minimum absolute atomic E-state index is 0.0121. The lowest BCUT2D eigenvalue weighted by molar-refractivity contribution is -0.147. The molecule has 0 aliphatic heterocycles. The molecule has 0 spiro atoms. The molecule has 0 saturated carbocycles. The van der Waals surface area contributed by atoms with Crippen LogP contribution in [0.2, 0.25) is 0 Å². The first kappa shape index (κ1) is 21.6. The number of nitrogens with two attached hydrogens (primary N) is 1. The van der Waals surface area contributed by atoms with Gasteiger partial charge in [-0.15, -0.1) is 0 Å². The number of amides is 1. The molecule has 0 bridgehead atoms. The number of ether oxygens (including phenoxy) is 1. The Kier molecular flexibility index (Phi) is 7.71. The van der Waals surface area contributed by atoms with Gasteiger partial charge in [0.1, 0.15) is 0 Å². The van der Waals surface area contributed by atoms with E-state index in [4.69, 9.17) is 9.88 Å². The van der Waals surface area contributed by atoms with Crippen LogP contribution in [0.5, 0.6) is 0 Å². The van der Waals surface area contributed by atoms with Crippen molar-refractivity contribution in [2.75, 3.05) is 13.2 Å². The number of hydrogen-bond acceptors (Lipinski definition) is 5. The number of hydrogen-bond donors (Lipinski definition) is 2. The van der Waals surface area contributed by atoms with E-state index >= 15 is 0 Å². The molecule has 1 unspecified atom stereocenters. The lowest BCUT2D eigenvalue weighted by Crippen LogP contribution is -2.35. The van der Waals surface area contributed by atoms with Gasteiger partial charge in [-0.25, -0.2) is 13.6 Å². The van der Waals surface area contributed by atoms with Gasteiger partial charge in [-0.05, 0) is 36.6 Å².